The van der Waals surface area contributed by atoms with Crippen LogP contribution in [-0.2, 0) is 10.8 Å². The maximum atomic E-state index is 2.54. The van der Waals surface area contributed by atoms with Crippen molar-refractivity contribution >= 4 is 71.2 Å². The second-order valence-electron chi connectivity index (χ2n) is 19.0. The van der Waals surface area contributed by atoms with E-state index in [-0.39, 0.29) is 10.8 Å². The SMILES string of the molecule is CC(C)(C)c1ccc(N(c2cc(C(C)(C)C)ccc2-c2ccccc2-c2ccccc2)c2ccc3ccc4c(-n5c6ccccc6c6ccccc65)ccc5ccc2c3c54)cc1. The normalized spacial score (nSPS) is 12.4. The molecule has 11 rings (SSSR count). The number of anilines is 3. The van der Waals surface area contributed by atoms with Gasteiger partial charge in [0.1, 0.15) is 0 Å². The molecule has 62 heavy (non-hydrogen) atoms. The zero-order valence-corrected chi connectivity index (χ0v) is 36.4. The summed E-state index contributed by atoms with van der Waals surface area (Å²) in [7, 11) is 0. The summed E-state index contributed by atoms with van der Waals surface area (Å²) < 4.78 is 2.47. The van der Waals surface area contributed by atoms with E-state index in [2.05, 4.69) is 245 Å². The summed E-state index contributed by atoms with van der Waals surface area (Å²) in [4.78, 5) is 2.54. The van der Waals surface area contributed by atoms with Crippen LogP contribution in [0.5, 0.6) is 0 Å². The Morgan fingerprint density at radius 3 is 1.56 bits per heavy atom. The van der Waals surface area contributed by atoms with Gasteiger partial charge < -0.3 is 9.47 Å². The van der Waals surface area contributed by atoms with Gasteiger partial charge in [0.05, 0.1) is 28.1 Å². The van der Waals surface area contributed by atoms with Gasteiger partial charge >= 0.3 is 0 Å². The van der Waals surface area contributed by atoms with Gasteiger partial charge in [-0.05, 0) is 103 Å². The fourth-order valence-corrected chi connectivity index (χ4v) is 9.86. The highest BCUT2D eigenvalue weighted by atomic mass is 15.1. The molecule has 1 aromatic heterocycles. The summed E-state index contributed by atoms with van der Waals surface area (Å²) in [6.07, 6.45) is 0. The Balaban J connectivity index is 1.22. The lowest BCUT2D eigenvalue weighted by molar-refractivity contribution is 0.590. The van der Waals surface area contributed by atoms with Crippen LogP contribution in [0.4, 0.5) is 17.1 Å². The summed E-state index contributed by atoms with van der Waals surface area (Å²) in [6.45, 7) is 13.8. The Hall–Kier alpha value is -7.16. The first-order chi connectivity index (χ1) is 30.0. The van der Waals surface area contributed by atoms with Crippen LogP contribution in [0.25, 0.3) is 82.1 Å². The van der Waals surface area contributed by atoms with E-state index in [9.17, 15) is 0 Å². The van der Waals surface area contributed by atoms with Crippen molar-refractivity contribution in [1.29, 1.82) is 0 Å². The first-order valence-corrected chi connectivity index (χ1v) is 21.9. The number of para-hydroxylation sites is 2. The largest absolute Gasteiger partial charge is 0.309 e. The van der Waals surface area contributed by atoms with Crippen molar-refractivity contribution in [3.63, 3.8) is 0 Å². The highest BCUT2D eigenvalue weighted by Crippen LogP contribution is 2.50. The van der Waals surface area contributed by atoms with Gasteiger partial charge in [-0.2, -0.15) is 0 Å². The fourth-order valence-electron chi connectivity index (χ4n) is 9.86. The zero-order chi connectivity index (χ0) is 42.3. The highest BCUT2D eigenvalue weighted by Gasteiger charge is 2.26. The molecule has 0 fully saturated rings. The lowest BCUT2D eigenvalue weighted by atomic mass is 9.84. The molecule has 0 unspecified atom stereocenters. The number of hydrogen-bond donors (Lipinski definition) is 0. The van der Waals surface area contributed by atoms with E-state index < -0.39 is 0 Å². The Kier molecular flexibility index (Phi) is 8.67. The van der Waals surface area contributed by atoms with E-state index in [1.807, 2.05) is 0 Å². The van der Waals surface area contributed by atoms with Gasteiger partial charge in [0.25, 0.3) is 0 Å². The Labute approximate surface area is 364 Å². The number of benzene rings is 10. The molecule has 0 saturated carbocycles. The maximum Gasteiger partial charge on any atom is 0.0543 e. The third kappa shape index (κ3) is 6.08. The highest BCUT2D eigenvalue weighted by molar-refractivity contribution is 6.27. The molecule has 0 aliphatic rings. The van der Waals surface area contributed by atoms with E-state index in [4.69, 9.17) is 0 Å². The average Bonchev–Trinajstić information content (AvgIpc) is 3.62. The second-order valence-corrected chi connectivity index (χ2v) is 19.0. The number of fused-ring (bicyclic) bond motifs is 3. The first-order valence-electron chi connectivity index (χ1n) is 21.9. The van der Waals surface area contributed by atoms with Crippen LogP contribution in [0.1, 0.15) is 52.7 Å². The molecular formula is C60H50N2. The molecule has 11 aromatic rings. The molecule has 2 nitrogen and oxygen atoms in total. The van der Waals surface area contributed by atoms with Gasteiger partial charge in [0.2, 0.25) is 0 Å². The summed E-state index contributed by atoms with van der Waals surface area (Å²) in [5, 5.41) is 10.1. The molecule has 300 valence electrons. The molecule has 0 amide bonds. The average molecular weight is 799 g/mol. The van der Waals surface area contributed by atoms with Gasteiger partial charge in [-0.3, -0.25) is 0 Å². The van der Waals surface area contributed by atoms with Gasteiger partial charge in [-0.1, -0.05) is 193 Å². The van der Waals surface area contributed by atoms with Crippen molar-refractivity contribution in [2.24, 2.45) is 0 Å². The molecule has 0 atom stereocenters. The van der Waals surface area contributed by atoms with E-state index in [1.165, 1.54) is 93.2 Å². The van der Waals surface area contributed by atoms with Gasteiger partial charge in [0.15, 0.2) is 0 Å². The number of nitrogens with zero attached hydrogens (tertiary/aromatic N) is 2. The summed E-state index contributed by atoms with van der Waals surface area (Å²) in [6, 6.07) is 72.5. The van der Waals surface area contributed by atoms with Crippen molar-refractivity contribution in [2.45, 2.75) is 52.4 Å². The smallest absolute Gasteiger partial charge is 0.0543 e. The van der Waals surface area contributed by atoms with Crippen LogP contribution in [-0.4, -0.2) is 4.57 Å². The maximum absolute atomic E-state index is 2.54. The molecule has 1 heterocycles. The van der Waals surface area contributed by atoms with Crippen LogP contribution in [0.15, 0.2) is 194 Å². The molecule has 0 aliphatic carbocycles. The van der Waals surface area contributed by atoms with Gasteiger partial charge in [0, 0.05) is 32.8 Å². The Morgan fingerprint density at radius 1 is 0.371 bits per heavy atom. The van der Waals surface area contributed by atoms with Crippen molar-refractivity contribution in [3.05, 3.63) is 205 Å². The van der Waals surface area contributed by atoms with Crippen molar-refractivity contribution in [3.8, 4) is 27.9 Å². The number of aromatic nitrogens is 1. The Morgan fingerprint density at radius 2 is 0.903 bits per heavy atom. The van der Waals surface area contributed by atoms with E-state index >= 15 is 0 Å². The third-order valence-electron chi connectivity index (χ3n) is 13.1. The topological polar surface area (TPSA) is 8.17 Å². The minimum absolute atomic E-state index is 0.0242. The second kappa shape index (κ2) is 14.2. The van der Waals surface area contributed by atoms with Crippen LogP contribution >= 0.6 is 0 Å². The summed E-state index contributed by atoms with van der Waals surface area (Å²) in [5.74, 6) is 0. The van der Waals surface area contributed by atoms with Crippen molar-refractivity contribution in [1.82, 2.24) is 4.57 Å². The quantitative estimate of drug-likeness (QED) is 0.152. The van der Waals surface area contributed by atoms with Crippen molar-refractivity contribution in [2.75, 3.05) is 4.90 Å². The van der Waals surface area contributed by atoms with Crippen LogP contribution in [0.3, 0.4) is 0 Å². The molecular weight excluding hydrogens is 749 g/mol. The standard InChI is InChI=1S/C60H50N2/c1-59(2,3)42-28-31-44(32-29-42)61(56-38-43(60(4,5)6)30-35-49(56)46-19-11-10-18-45(46)39-16-8-7-9-17-39)54-36-26-40-25-34-51-55(37-27-41-24-33-50(54)57(40)58(41)51)62-52-22-14-12-20-47(52)48-21-13-15-23-53(48)62/h7-38H,1-6H3. The Bertz CT molecular complexity index is 3410. The molecule has 10 aromatic carbocycles. The minimum atomic E-state index is -0.0696. The van der Waals surface area contributed by atoms with Crippen molar-refractivity contribution < 1.29 is 0 Å². The van der Waals surface area contributed by atoms with Gasteiger partial charge in [-0.15, -0.1) is 0 Å². The third-order valence-corrected chi connectivity index (χ3v) is 13.1. The monoisotopic (exact) mass is 798 g/mol. The van der Waals surface area contributed by atoms with E-state index in [0.29, 0.717) is 0 Å². The molecule has 0 saturated heterocycles. The number of hydrogen-bond acceptors (Lipinski definition) is 1. The molecule has 2 heteroatoms. The van der Waals surface area contributed by atoms with Crippen LogP contribution in [0, 0.1) is 0 Å². The fraction of sp³-hybridized carbons (Fsp3) is 0.133. The molecule has 0 aliphatic heterocycles. The van der Waals surface area contributed by atoms with E-state index in [0.717, 1.165) is 17.1 Å². The lowest BCUT2D eigenvalue weighted by Gasteiger charge is -2.32. The summed E-state index contributed by atoms with van der Waals surface area (Å²) in [5.41, 5.74) is 14.5. The van der Waals surface area contributed by atoms with Crippen LogP contribution in [0.2, 0.25) is 0 Å². The molecule has 0 N–H and O–H groups in total. The molecule has 0 radical (unpaired) electrons. The van der Waals surface area contributed by atoms with E-state index in [1.54, 1.807) is 0 Å². The molecule has 0 spiro atoms. The summed E-state index contributed by atoms with van der Waals surface area (Å²) >= 11 is 0. The van der Waals surface area contributed by atoms with Gasteiger partial charge in [-0.25, -0.2) is 0 Å². The number of rotatable bonds is 6. The zero-order valence-electron chi connectivity index (χ0n) is 36.4. The predicted molar refractivity (Wildman–Crippen MR) is 267 cm³/mol. The first kappa shape index (κ1) is 37.8. The minimum Gasteiger partial charge on any atom is -0.309 e. The lowest BCUT2D eigenvalue weighted by Crippen LogP contribution is -2.16. The van der Waals surface area contributed by atoms with Crippen LogP contribution < -0.4 is 4.90 Å². The predicted octanol–water partition coefficient (Wildman–Crippen LogP) is 17.1. The molecule has 0 bridgehead atoms.